The molecule has 1 aliphatic heterocycles. The van der Waals surface area contributed by atoms with Gasteiger partial charge in [-0.3, -0.25) is 9.59 Å². The third-order valence-corrected chi connectivity index (χ3v) is 4.37. The van der Waals surface area contributed by atoms with Gasteiger partial charge in [0.15, 0.2) is 5.78 Å². The SMILES string of the molecule is Nc1ccc(CC2CC(=O)C3(CCC3)NC2=O)cc1. The maximum atomic E-state index is 12.2. The van der Waals surface area contributed by atoms with E-state index in [-0.39, 0.29) is 17.6 Å². The number of rotatable bonds is 2. The summed E-state index contributed by atoms with van der Waals surface area (Å²) >= 11 is 0. The molecule has 1 aromatic rings. The van der Waals surface area contributed by atoms with Crippen molar-refractivity contribution in [1.29, 1.82) is 0 Å². The zero-order valence-corrected chi connectivity index (χ0v) is 10.8. The molecule has 4 nitrogen and oxygen atoms in total. The van der Waals surface area contributed by atoms with E-state index in [1.165, 1.54) is 0 Å². The molecule has 1 aliphatic carbocycles. The summed E-state index contributed by atoms with van der Waals surface area (Å²) in [4.78, 5) is 24.3. The largest absolute Gasteiger partial charge is 0.399 e. The Morgan fingerprint density at radius 1 is 1.21 bits per heavy atom. The first-order valence-corrected chi connectivity index (χ1v) is 6.79. The second kappa shape index (κ2) is 4.37. The number of Topliss-reactive ketones (excluding diaryl/α,β-unsaturated/α-hetero) is 1. The lowest BCUT2D eigenvalue weighted by atomic mass is 9.68. The summed E-state index contributed by atoms with van der Waals surface area (Å²) in [5.74, 6) is -0.00253. The number of hydrogen-bond donors (Lipinski definition) is 2. The third-order valence-electron chi connectivity index (χ3n) is 4.37. The monoisotopic (exact) mass is 258 g/mol. The van der Waals surface area contributed by atoms with Gasteiger partial charge in [0.25, 0.3) is 0 Å². The molecule has 2 fully saturated rings. The van der Waals surface area contributed by atoms with Gasteiger partial charge >= 0.3 is 0 Å². The zero-order valence-electron chi connectivity index (χ0n) is 10.8. The normalized spacial score (nSPS) is 24.9. The van der Waals surface area contributed by atoms with E-state index in [4.69, 9.17) is 5.73 Å². The number of benzene rings is 1. The van der Waals surface area contributed by atoms with E-state index in [0.29, 0.717) is 18.5 Å². The molecule has 3 rings (SSSR count). The number of carbonyl (C=O) groups is 2. The maximum Gasteiger partial charge on any atom is 0.224 e. The molecule has 1 saturated carbocycles. The fourth-order valence-corrected chi connectivity index (χ4v) is 2.96. The predicted octanol–water partition coefficient (Wildman–Crippen LogP) is 1.44. The van der Waals surface area contributed by atoms with Crippen LogP contribution in [0.3, 0.4) is 0 Å². The lowest BCUT2D eigenvalue weighted by molar-refractivity contribution is -0.144. The van der Waals surface area contributed by atoms with Gasteiger partial charge in [-0.1, -0.05) is 12.1 Å². The van der Waals surface area contributed by atoms with Crippen molar-refractivity contribution in [3.05, 3.63) is 29.8 Å². The molecule has 2 aliphatic rings. The minimum atomic E-state index is -0.505. The van der Waals surface area contributed by atoms with E-state index in [9.17, 15) is 9.59 Å². The molecule has 1 unspecified atom stereocenters. The van der Waals surface area contributed by atoms with E-state index in [0.717, 1.165) is 24.8 Å². The first-order valence-electron chi connectivity index (χ1n) is 6.79. The van der Waals surface area contributed by atoms with Crippen LogP contribution in [0.4, 0.5) is 5.69 Å². The summed E-state index contributed by atoms with van der Waals surface area (Å²) in [6.45, 7) is 0. The number of carbonyl (C=O) groups excluding carboxylic acids is 2. The fraction of sp³-hybridized carbons (Fsp3) is 0.467. The standard InChI is InChI=1S/C15H18N2O2/c16-12-4-2-10(3-5-12)8-11-9-13(18)15(6-1-7-15)17-14(11)19/h2-5,11H,1,6-9,16H2,(H,17,19). The smallest absolute Gasteiger partial charge is 0.224 e. The Morgan fingerprint density at radius 3 is 2.47 bits per heavy atom. The lowest BCUT2D eigenvalue weighted by Gasteiger charge is -2.45. The van der Waals surface area contributed by atoms with Crippen LogP contribution >= 0.6 is 0 Å². The van der Waals surface area contributed by atoms with Crippen LogP contribution in [0.5, 0.6) is 0 Å². The Morgan fingerprint density at radius 2 is 1.89 bits per heavy atom. The third kappa shape index (κ3) is 2.11. The summed E-state index contributed by atoms with van der Waals surface area (Å²) < 4.78 is 0. The fourth-order valence-electron chi connectivity index (χ4n) is 2.96. The van der Waals surface area contributed by atoms with E-state index >= 15 is 0 Å². The van der Waals surface area contributed by atoms with Crippen molar-refractivity contribution < 1.29 is 9.59 Å². The van der Waals surface area contributed by atoms with Crippen LogP contribution in [-0.4, -0.2) is 17.2 Å². The van der Waals surface area contributed by atoms with Crippen molar-refractivity contribution in [3.63, 3.8) is 0 Å². The van der Waals surface area contributed by atoms with Crippen LogP contribution in [0.2, 0.25) is 0 Å². The minimum absolute atomic E-state index is 0.0242. The van der Waals surface area contributed by atoms with Gasteiger partial charge in [-0.2, -0.15) is 0 Å². The first kappa shape index (κ1) is 12.2. The van der Waals surface area contributed by atoms with E-state index in [2.05, 4.69) is 5.32 Å². The van der Waals surface area contributed by atoms with Crippen molar-refractivity contribution in [2.75, 3.05) is 5.73 Å². The van der Waals surface area contributed by atoms with Crippen LogP contribution in [0.15, 0.2) is 24.3 Å². The van der Waals surface area contributed by atoms with Crippen molar-refractivity contribution >= 4 is 17.4 Å². The molecule has 100 valence electrons. The highest BCUT2D eigenvalue weighted by molar-refractivity contribution is 6.00. The van der Waals surface area contributed by atoms with Gasteiger partial charge < -0.3 is 11.1 Å². The Balaban J connectivity index is 1.70. The molecule has 0 aromatic heterocycles. The molecule has 19 heavy (non-hydrogen) atoms. The molecule has 4 heteroatoms. The van der Waals surface area contributed by atoms with Crippen LogP contribution in [0, 0.1) is 5.92 Å². The van der Waals surface area contributed by atoms with Crippen molar-refractivity contribution in [3.8, 4) is 0 Å². The van der Waals surface area contributed by atoms with Crippen LogP contribution in [0.1, 0.15) is 31.2 Å². The molecule has 3 N–H and O–H groups in total. The second-order valence-electron chi connectivity index (χ2n) is 5.69. The molecular weight excluding hydrogens is 240 g/mol. The number of amides is 1. The molecule has 1 atom stereocenters. The molecule has 0 radical (unpaired) electrons. The Kier molecular flexibility index (Phi) is 2.81. The van der Waals surface area contributed by atoms with Crippen LogP contribution in [-0.2, 0) is 16.0 Å². The highest BCUT2D eigenvalue weighted by Gasteiger charge is 2.49. The molecule has 1 heterocycles. The average Bonchev–Trinajstić information content (AvgIpc) is 2.34. The van der Waals surface area contributed by atoms with Crippen LogP contribution in [0.25, 0.3) is 0 Å². The summed E-state index contributed by atoms with van der Waals surface area (Å²) in [5.41, 5.74) is 6.89. The van der Waals surface area contributed by atoms with Gasteiger partial charge in [0.05, 0.1) is 5.54 Å². The number of piperidine rings is 1. The zero-order chi connectivity index (χ0) is 13.5. The van der Waals surface area contributed by atoms with E-state index in [1.54, 1.807) is 0 Å². The summed E-state index contributed by atoms with van der Waals surface area (Å²) in [5, 5.41) is 2.95. The average molecular weight is 258 g/mol. The van der Waals surface area contributed by atoms with E-state index in [1.807, 2.05) is 24.3 Å². The molecule has 1 amide bonds. The number of anilines is 1. The number of nitrogens with two attached hydrogens (primary N) is 1. The van der Waals surface area contributed by atoms with Gasteiger partial charge in [0.1, 0.15) is 0 Å². The second-order valence-corrected chi connectivity index (χ2v) is 5.69. The van der Waals surface area contributed by atoms with Gasteiger partial charge in [0, 0.05) is 18.0 Å². The Bertz CT molecular complexity index is 517. The van der Waals surface area contributed by atoms with Crippen LogP contribution < -0.4 is 11.1 Å². The molecule has 1 aromatic carbocycles. The molecule has 1 saturated heterocycles. The number of hydrogen-bond acceptors (Lipinski definition) is 3. The highest BCUT2D eigenvalue weighted by atomic mass is 16.2. The van der Waals surface area contributed by atoms with E-state index < -0.39 is 5.54 Å². The highest BCUT2D eigenvalue weighted by Crippen LogP contribution is 2.38. The van der Waals surface area contributed by atoms with Crippen molar-refractivity contribution in [1.82, 2.24) is 5.32 Å². The minimum Gasteiger partial charge on any atom is -0.399 e. The number of ketones is 1. The summed E-state index contributed by atoms with van der Waals surface area (Å²) in [7, 11) is 0. The summed E-state index contributed by atoms with van der Waals surface area (Å²) in [6, 6.07) is 7.48. The maximum absolute atomic E-state index is 12.2. The topological polar surface area (TPSA) is 72.2 Å². The van der Waals surface area contributed by atoms with Gasteiger partial charge in [0.2, 0.25) is 5.91 Å². The number of nitrogen functional groups attached to an aromatic ring is 1. The molecular formula is C15H18N2O2. The van der Waals surface area contributed by atoms with Crippen molar-refractivity contribution in [2.45, 2.75) is 37.6 Å². The molecule has 1 spiro atoms. The Labute approximate surface area is 112 Å². The summed E-state index contributed by atoms with van der Waals surface area (Å²) in [6.07, 6.45) is 3.64. The predicted molar refractivity (Wildman–Crippen MR) is 72.4 cm³/mol. The quantitative estimate of drug-likeness (QED) is 0.788. The lowest BCUT2D eigenvalue weighted by Crippen LogP contribution is -2.64. The number of nitrogens with one attached hydrogen (secondary N) is 1. The van der Waals surface area contributed by atoms with Gasteiger partial charge in [-0.15, -0.1) is 0 Å². The molecule has 0 bridgehead atoms. The first-order chi connectivity index (χ1) is 9.09. The van der Waals surface area contributed by atoms with Crippen molar-refractivity contribution in [2.24, 2.45) is 5.92 Å². The van der Waals surface area contributed by atoms with Gasteiger partial charge in [-0.05, 0) is 43.4 Å². The van der Waals surface area contributed by atoms with Gasteiger partial charge in [-0.25, -0.2) is 0 Å². The Hall–Kier alpha value is -1.84.